The van der Waals surface area contributed by atoms with Crippen LogP contribution in [0.15, 0.2) is 0 Å². The lowest BCUT2D eigenvalue weighted by Gasteiger charge is -2.43. The van der Waals surface area contributed by atoms with Gasteiger partial charge in [0.2, 0.25) is 0 Å². The molecule has 0 heterocycles. The SMILES string of the molecule is CCC1CCCC(CN)(N(CC)CCOC)CC1. The van der Waals surface area contributed by atoms with Crippen LogP contribution in [0.1, 0.15) is 52.4 Å². The summed E-state index contributed by atoms with van der Waals surface area (Å²) in [7, 11) is 1.78. The minimum absolute atomic E-state index is 0.233. The predicted molar refractivity (Wildman–Crippen MR) is 77.8 cm³/mol. The first-order valence-corrected chi connectivity index (χ1v) is 7.66. The largest absolute Gasteiger partial charge is 0.383 e. The van der Waals surface area contributed by atoms with Crippen molar-refractivity contribution in [2.24, 2.45) is 11.7 Å². The topological polar surface area (TPSA) is 38.5 Å². The molecular formula is C15H32N2O. The van der Waals surface area contributed by atoms with Crippen molar-refractivity contribution in [3.05, 3.63) is 0 Å². The van der Waals surface area contributed by atoms with Crippen LogP contribution in [0, 0.1) is 5.92 Å². The lowest BCUT2D eigenvalue weighted by molar-refractivity contribution is 0.0523. The van der Waals surface area contributed by atoms with E-state index in [1.165, 1.54) is 38.5 Å². The molecule has 2 unspecified atom stereocenters. The van der Waals surface area contributed by atoms with Gasteiger partial charge in [0.25, 0.3) is 0 Å². The molecule has 1 fully saturated rings. The highest BCUT2D eigenvalue weighted by Gasteiger charge is 2.36. The van der Waals surface area contributed by atoms with Crippen LogP contribution >= 0.6 is 0 Å². The van der Waals surface area contributed by atoms with E-state index < -0.39 is 0 Å². The van der Waals surface area contributed by atoms with Gasteiger partial charge in [-0.15, -0.1) is 0 Å². The van der Waals surface area contributed by atoms with Crippen molar-refractivity contribution in [1.29, 1.82) is 0 Å². The number of hydrogen-bond donors (Lipinski definition) is 1. The highest BCUT2D eigenvalue weighted by Crippen LogP contribution is 2.35. The van der Waals surface area contributed by atoms with E-state index in [-0.39, 0.29) is 5.54 Å². The second-order valence-electron chi connectivity index (χ2n) is 5.71. The smallest absolute Gasteiger partial charge is 0.0589 e. The molecule has 108 valence electrons. The van der Waals surface area contributed by atoms with E-state index in [2.05, 4.69) is 18.7 Å². The Labute approximate surface area is 113 Å². The van der Waals surface area contributed by atoms with Gasteiger partial charge in [0, 0.05) is 25.7 Å². The van der Waals surface area contributed by atoms with Crippen LogP contribution in [-0.2, 0) is 4.74 Å². The summed E-state index contributed by atoms with van der Waals surface area (Å²) in [5.41, 5.74) is 6.39. The second kappa shape index (κ2) is 8.13. The highest BCUT2D eigenvalue weighted by molar-refractivity contribution is 4.93. The van der Waals surface area contributed by atoms with E-state index in [0.29, 0.717) is 0 Å². The number of rotatable bonds is 7. The molecule has 0 radical (unpaired) electrons. The van der Waals surface area contributed by atoms with Crippen molar-refractivity contribution in [2.45, 2.75) is 57.9 Å². The van der Waals surface area contributed by atoms with Gasteiger partial charge in [0.15, 0.2) is 0 Å². The van der Waals surface area contributed by atoms with Crippen LogP contribution in [0.2, 0.25) is 0 Å². The van der Waals surface area contributed by atoms with Crippen LogP contribution in [0.3, 0.4) is 0 Å². The van der Waals surface area contributed by atoms with Gasteiger partial charge in [0.1, 0.15) is 0 Å². The first kappa shape index (κ1) is 15.9. The molecule has 0 saturated heterocycles. The highest BCUT2D eigenvalue weighted by atomic mass is 16.5. The number of nitrogens with two attached hydrogens (primary N) is 1. The number of ether oxygens (including phenoxy) is 1. The summed E-state index contributed by atoms with van der Waals surface area (Å²) in [6.07, 6.45) is 7.92. The summed E-state index contributed by atoms with van der Waals surface area (Å²) in [5.74, 6) is 0.916. The zero-order chi connectivity index (χ0) is 13.4. The lowest BCUT2D eigenvalue weighted by Crippen LogP contribution is -2.54. The molecule has 0 bridgehead atoms. The molecule has 1 rings (SSSR count). The molecule has 3 heteroatoms. The molecule has 2 atom stereocenters. The zero-order valence-corrected chi connectivity index (χ0v) is 12.6. The molecule has 1 saturated carbocycles. The van der Waals surface area contributed by atoms with Crippen molar-refractivity contribution in [1.82, 2.24) is 4.90 Å². The average molecular weight is 256 g/mol. The molecule has 1 aliphatic rings. The van der Waals surface area contributed by atoms with Crippen molar-refractivity contribution in [3.8, 4) is 0 Å². The summed E-state index contributed by atoms with van der Waals surface area (Å²) in [4.78, 5) is 2.56. The van der Waals surface area contributed by atoms with Crippen LogP contribution < -0.4 is 5.73 Å². The summed E-state index contributed by atoms with van der Waals surface area (Å²) in [6.45, 7) is 8.27. The minimum atomic E-state index is 0.233. The molecule has 0 amide bonds. The molecular weight excluding hydrogens is 224 g/mol. The fourth-order valence-electron chi connectivity index (χ4n) is 3.45. The summed E-state index contributed by atoms with van der Waals surface area (Å²) in [5, 5.41) is 0. The normalized spacial score (nSPS) is 29.5. The number of methoxy groups -OCH3 is 1. The Balaban J connectivity index is 2.69. The van der Waals surface area contributed by atoms with E-state index in [1.807, 2.05) is 0 Å². The maximum atomic E-state index is 6.16. The van der Waals surface area contributed by atoms with Crippen LogP contribution in [0.25, 0.3) is 0 Å². The number of hydrogen-bond acceptors (Lipinski definition) is 3. The Hall–Kier alpha value is -0.120. The molecule has 0 spiro atoms. The van der Waals surface area contributed by atoms with Gasteiger partial charge in [-0.25, -0.2) is 0 Å². The van der Waals surface area contributed by atoms with E-state index in [1.54, 1.807) is 7.11 Å². The first-order valence-electron chi connectivity index (χ1n) is 7.66. The standard InChI is InChI=1S/C15H32N2O/c1-4-14-7-6-9-15(13-16,10-8-14)17(5-2)11-12-18-3/h14H,4-13,16H2,1-3H3. The summed E-state index contributed by atoms with van der Waals surface area (Å²) >= 11 is 0. The van der Waals surface area contributed by atoms with Crippen molar-refractivity contribution in [2.75, 3.05) is 33.4 Å². The monoisotopic (exact) mass is 256 g/mol. The zero-order valence-electron chi connectivity index (χ0n) is 12.6. The maximum absolute atomic E-state index is 6.16. The Morgan fingerprint density at radius 1 is 1.28 bits per heavy atom. The quantitative estimate of drug-likeness (QED) is 0.712. The van der Waals surface area contributed by atoms with E-state index in [9.17, 15) is 0 Å². The molecule has 1 aliphatic carbocycles. The maximum Gasteiger partial charge on any atom is 0.0589 e. The predicted octanol–water partition coefficient (Wildman–Crippen LogP) is 2.64. The summed E-state index contributed by atoms with van der Waals surface area (Å²) < 4.78 is 5.25. The van der Waals surface area contributed by atoms with Crippen molar-refractivity contribution >= 4 is 0 Å². The third-order valence-corrected chi connectivity index (χ3v) is 4.85. The van der Waals surface area contributed by atoms with Crippen molar-refractivity contribution in [3.63, 3.8) is 0 Å². The molecule has 3 nitrogen and oxygen atoms in total. The average Bonchev–Trinajstić information content (AvgIpc) is 2.63. The lowest BCUT2D eigenvalue weighted by atomic mass is 9.87. The fourth-order valence-corrected chi connectivity index (χ4v) is 3.45. The Morgan fingerprint density at radius 3 is 2.61 bits per heavy atom. The molecule has 0 aromatic carbocycles. The van der Waals surface area contributed by atoms with Gasteiger partial charge < -0.3 is 10.5 Å². The Bertz CT molecular complexity index is 223. The minimum Gasteiger partial charge on any atom is -0.383 e. The van der Waals surface area contributed by atoms with E-state index in [0.717, 1.165) is 32.2 Å². The Morgan fingerprint density at radius 2 is 2.06 bits per heavy atom. The molecule has 18 heavy (non-hydrogen) atoms. The fraction of sp³-hybridized carbons (Fsp3) is 1.00. The molecule has 0 aromatic rings. The van der Waals surface area contributed by atoms with Crippen molar-refractivity contribution < 1.29 is 4.74 Å². The number of nitrogens with zero attached hydrogens (tertiary/aromatic N) is 1. The second-order valence-corrected chi connectivity index (χ2v) is 5.71. The first-order chi connectivity index (χ1) is 8.72. The van der Waals surface area contributed by atoms with Gasteiger partial charge >= 0.3 is 0 Å². The number of likely N-dealkylation sites (N-methyl/N-ethyl adjacent to an activating group) is 1. The van der Waals surface area contributed by atoms with Gasteiger partial charge in [-0.1, -0.05) is 33.1 Å². The summed E-state index contributed by atoms with van der Waals surface area (Å²) in [6, 6.07) is 0. The van der Waals surface area contributed by atoms with Crippen LogP contribution in [0.4, 0.5) is 0 Å². The third kappa shape index (κ3) is 3.94. The molecule has 0 aromatic heterocycles. The van der Waals surface area contributed by atoms with E-state index in [4.69, 9.17) is 10.5 Å². The van der Waals surface area contributed by atoms with Gasteiger partial charge in [-0.2, -0.15) is 0 Å². The van der Waals surface area contributed by atoms with Gasteiger partial charge in [-0.3, -0.25) is 4.90 Å². The van der Waals surface area contributed by atoms with Crippen LogP contribution in [-0.4, -0.2) is 43.8 Å². The van der Waals surface area contributed by atoms with Crippen LogP contribution in [0.5, 0.6) is 0 Å². The molecule has 2 N–H and O–H groups in total. The van der Waals surface area contributed by atoms with E-state index >= 15 is 0 Å². The third-order valence-electron chi connectivity index (χ3n) is 4.85. The Kier molecular flexibility index (Phi) is 7.20. The van der Waals surface area contributed by atoms with Gasteiger partial charge in [-0.05, 0) is 31.7 Å². The molecule has 0 aliphatic heterocycles. The van der Waals surface area contributed by atoms with Gasteiger partial charge in [0.05, 0.1) is 6.61 Å².